The molecule has 0 saturated carbocycles. The van der Waals surface area contributed by atoms with Gasteiger partial charge in [-0.3, -0.25) is 0 Å². The van der Waals surface area contributed by atoms with Crippen molar-refractivity contribution in [3.63, 3.8) is 0 Å². The Labute approximate surface area is 298 Å². The van der Waals surface area contributed by atoms with E-state index in [1.807, 2.05) is 0 Å². The van der Waals surface area contributed by atoms with Gasteiger partial charge in [-0.25, -0.2) is 0 Å². The first-order valence-corrected chi connectivity index (χ1v) is 4.38. The molecule has 0 unspecified atom stereocenters. The van der Waals surface area contributed by atoms with Gasteiger partial charge < -0.3 is 121 Å². The van der Waals surface area contributed by atoms with E-state index in [1.165, 1.54) is 0 Å². The minimum atomic E-state index is 0. The molecule has 0 amide bonds. The van der Waals surface area contributed by atoms with E-state index in [4.69, 9.17) is 121 Å². The smallest absolute Gasteiger partial charge is 0.444 e. The summed E-state index contributed by atoms with van der Waals surface area (Å²) < 4.78 is 0. The molecule has 41 heavy (non-hydrogen) atoms. The molecular formula is Co2N12O24Pb3-6. The van der Waals surface area contributed by atoms with Gasteiger partial charge in [0.15, 0.2) is 0 Å². The van der Waals surface area contributed by atoms with Crippen molar-refractivity contribution in [2.45, 2.75) is 0 Å². The summed E-state index contributed by atoms with van der Waals surface area (Å²) in [4.78, 5) is 96.0. The molecule has 0 fully saturated rings. The molecule has 0 spiro atoms. The van der Waals surface area contributed by atoms with Crippen molar-refractivity contribution in [3.8, 4) is 0 Å². The predicted octanol–water partition coefficient (Wildman–Crippen LogP) is 1.86. The molecule has 0 bridgehead atoms. The quantitative estimate of drug-likeness (QED) is 0.190. The van der Waals surface area contributed by atoms with Gasteiger partial charge in [0, 0.05) is 33.6 Å². The Balaban J connectivity index is -0.0000000101. The zero-order valence-corrected chi connectivity index (χ0v) is 31.1. The third kappa shape index (κ3) is 3740. The summed E-state index contributed by atoms with van der Waals surface area (Å²) in [6, 6.07) is 0. The van der Waals surface area contributed by atoms with Gasteiger partial charge in [-0.15, -0.1) is 64.1 Å². The van der Waals surface area contributed by atoms with E-state index in [0.717, 1.165) is 64.1 Å². The number of hydrogen-bond acceptors (Lipinski definition) is 36. The molecule has 0 aromatic heterocycles. The second kappa shape index (κ2) is 629. The topological polar surface area (TPSA) is 630 Å². The number of rotatable bonds is 0. The van der Waals surface area contributed by atoms with Crippen molar-refractivity contribution in [3.05, 3.63) is 121 Å². The van der Waals surface area contributed by atoms with E-state index in [9.17, 15) is 0 Å². The number of hydrogen-bond donors (Lipinski definition) is 0. The van der Waals surface area contributed by atoms with E-state index >= 15 is 0 Å². The maximum Gasteiger partial charge on any atom is 2.00 e. The molecule has 36 nitrogen and oxygen atoms in total. The van der Waals surface area contributed by atoms with Gasteiger partial charge in [0.1, 0.15) is 0 Å². The third-order valence-electron chi connectivity index (χ3n) is 0. The maximum absolute atomic E-state index is 8.00. The Morgan fingerprint density at radius 1 is 0.195 bits per heavy atom. The average Bonchev–Trinajstić information content (AvgIpc) is 2.75. The molecule has 0 saturated heterocycles. The minimum absolute atomic E-state index is 0. The maximum atomic E-state index is 8.00. The zero-order valence-electron chi connectivity index (χ0n) is 17.3. The molecule has 8 radical (unpaired) electrons. The van der Waals surface area contributed by atoms with Crippen LogP contribution in [0.2, 0.25) is 0 Å². The first kappa shape index (κ1) is 119. The monoisotopic (exact) mass is 1290 g/mol. The molecule has 0 heterocycles. The minimum Gasteiger partial charge on any atom is -0.444 e. The van der Waals surface area contributed by atoms with E-state index in [-0.39, 0.29) is 115 Å². The van der Waals surface area contributed by atoms with Crippen LogP contribution in [0.4, 0.5) is 0 Å². The summed E-state index contributed by atoms with van der Waals surface area (Å²) in [5.74, 6) is 0. The van der Waals surface area contributed by atoms with E-state index in [1.54, 1.807) is 0 Å². The van der Waals surface area contributed by atoms with Gasteiger partial charge in [-0.05, 0) is 0 Å². The van der Waals surface area contributed by atoms with Gasteiger partial charge in [0.25, 0.3) is 0 Å². The van der Waals surface area contributed by atoms with Crippen LogP contribution < -0.4 is 0 Å². The van der Waals surface area contributed by atoms with E-state index in [2.05, 4.69) is 0 Å². The molecule has 0 aliphatic heterocycles. The van der Waals surface area contributed by atoms with Crippen molar-refractivity contribution in [1.82, 2.24) is 0 Å². The number of nitrogens with zero attached hydrogens (tertiary/aromatic N) is 12. The fraction of sp³-hybridized carbons (Fsp3) is 0. The fourth-order valence-corrected chi connectivity index (χ4v) is 0. The van der Waals surface area contributed by atoms with Crippen LogP contribution >= 0.6 is 0 Å². The normalized spacial score (nSPS) is 3.51. The van der Waals surface area contributed by atoms with Gasteiger partial charge >= 0.3 is 81.9 Å². The molecule has 0 aliphatic carbocycles. The van der Waals surface area contributed by atoms with Crippen molar-refractivity contribution in [2.24, 2.45) is 64.1 Å². The average molecular weight is 1290 g/mol. The summed E-state index contributed by atoms with van der Waals surface area (Å²) in [6.07, 6.45) is 0. The molecule has 41 heteroatoms. The standard InChI is InChI=1S/2Co.12HNO2.3Pb/c;;12*2-1-3;;;/h;;12*(H,2,3);;;/q;;;;;;;;;;;;;;3*+2/p-12. The van der Waals surface area contributed by atoms with Gasteiger partial charge in [-0.2, -0.15) is 0 Å². The molecule has 0 rings (SSSR count). The second-order valence-electron chi connectivity index (χ2n) is 0.894. The van der Waals surface area contributed by atoms with Gasteiger partial charge in [0.2, 0.25) is 0 Å². The Bertz CT molecular complexity index is 279. The largest absolute Gasteiger partial charge is 2.00 e. The molecule has 0 aromatic rings. The van der Waals surface area contributed by atoms with Crippen LogP contribution in [-0.4, -0.2) is 81.9 Å². The molecule has 0 atom stereocenters. The SMILES string of the molecule is O=N[O-].O=N[O-].O=N[O-].O=N[O-].O=N[O-].O=N[O-].O=N[O-].O=N[O-].O=N[O-].O=N[O-].O=N[O-].O=N[O-].[Co].[Co].[Pb+2].[Pb+2].[Pb+2]. The fourth-order valence-electron chi connectivity index (χ4n) is 0. The van der Waals surface area contributed by atoms with Crippen molar-refractivity contribution < 1.29 is 33.6 Å². The van der Waals surface area contributed by atoms with Gasteiger partial charge in [-0.1, -0.05) is 0 Å². The Morgan fingerprint density at radius 3 is 0.195 bits per heavy atom. The van der Waals surface area contributed by atoms with Crippen LogP contribution in [0.1, 0.15) is 0 Å². The summed E-state index contributed by atoms with van der Waals surface area (Å²) in [7, 11) is 0. The first-order chi connectivity index (χ1) is 17.0. The van der Waals surface area contributed by atoms with Crippen LogP contribution in [0.5, 0.6) is 0 Å². The summed E-state index contributed by atoms with van der Waals surface area (Å²) in [5, 5.41) is 108. The third-order valence-corrected chi connectivity index (χ3v) is 0. The molecule has 0 aliphatic rings. The van der Waals surface area contributed by atoms with Crippen molar-refractivity contribution in [2.75, 3.05) is 0 Å². The van der Waals surface area contributed by atoms with Crippen LogP contribution in [0, 0.1) is 121 Å². The van der Waals surface area contributed by atoms with Crippen molar-refractivity contribution >= 4 is 81.9 Å². The molecular weight excluding hydrogens is 1290 g/mol. The van der Waals surface area contributed by atoms with Crippen LogP contribution in [0.3, 0.4) is 0 Å². The van der Waals surface area contributed by atoms with Gasteiger partial charge in [0.05, 0.1) is 0 Å². The zero-order chi connectivity index (χ0) is 32.5. The Hall–Kier alpha value is -3.42. The second-order valence-corrected chi connectivity index (χ2v) is 0.894. The van der Waals surface area contributed by atoms with Crippen LogP contribution in [0.25, 0.3) is 0 Å². The van der Waals surface area contributed by atoms with Crippen LogP contribution in [-0.2, 0) is 33.6 Å². The predicted molar refractivity (Wildman–Crippen MR) is 127 cm³/mol. The summed E-state index contributed by atoms with van der Waals surface area (Å²) in [5.41, 5.74) is 0. The summed E-state index contributed by atoms with van der Waals surface area (Å²) >= 11 is 0. The Morgan fingerprint density at radius 2 is 0.195 bits per heavy atom. The van der Waals surface area contributed by atoms with E-state index < -0.39 is 0 Å². The Kier molecular flexibility index (Phi) is 1820. The molecule has 240 valence electrons. The molecule has 0 N–H and O–H groups in total. The van der Waals surface area contributed by atoms with Crippen LogP contribution in [0.15, 0.2) is 64.1 Å². The van der Waals surface area contributed by atoms with E-state index in [0.29, 0.717) is 0 Å². The summed E-state index contributed by atoms with van der Waals surface area (Å²) in [6.45, 7) is 0. The molecule has 0 aromatic carbocycles. The van der Waals surface area contributed by atoms with Crippen molar-refractivity contribution in [1.29, 1.82) is 0 Å². The first-order valence-electron chi connectivity index (χ1n) is 4.38.